The molecule has 1 aliphatic rings. The van der Waals surface area contributed by atoms with Gasteiger partial charge in [0.05, 0.1) is 6.04 Å². The molecule has 2 nitrogen and oxygen atoms in total. The van der Waals surface area contributed by atoms with Gasteiger partial charge >= 0.3 is 0 Å². The molecule has 114 valence electrons. The third-order valence-electron chi connectivity index (χ3n) is 4.77. The lowest BCUT2D eigenvalue weighted by Crippen LogP contribution is -2.30. The van der Waals surface area contributed by atoms with Gasteiger partial charge in [0.1, 0.15) is 11.3 Å². The van der Waals surface area contributed by atoms with Crippen LogP contribution in [0.15, 0.2) is 28.7 Å². The minimum atomic E-state index is 0.327. The highest BCUT2D eigenvalue weighted by Gasteiger charge is 2.33. The van der Waals surface area contributed by atoms with Crippen LogP contribution in [0.1, 0.15) is 51.3 Å². The molecular weight excluding hydrogens is 282 g/mol. The van der Waals surface area contributed by atoms with Crippen molar-refractivity contribution in [3.8, 4) is 0 Å². The lowest BCUT2D eigenvalue weighted by Gasteiger charge is -2.26. The molecule has 0 amide bonds. The highest BCUT2D eigenvalue weighted by atomic mass is 35.5. The molecule has 3 heteroatoms. The molecule has 3 unspecified atom stereocenters. The van der Waals surface area contributed by atoms with Gasteiger partial charge in [0.15, 0.2) is 0 Å². The summed E-state index contributed by atoms with van der Waals surface area (Å²) >= 11 is 6.08. The van der Waals surface area contributed by atoms with Crippen LogP contribution in [0, 0.1) is 11.8 Å². The maximum Gasteiger partial charge on any atom is 0.134 e. The Labute approximate surface area is 131 Å². The topological polar surface area (TPSA) is 25.2 Å². The zero-order chi connectivity index (χ0) is 14.8. The van der Waals surface area contributed by atoms with E-state index < -0.39 is 0 Å². The van der Waals surface area contributed by atoms with E-state index in [1.807, 2.05) is 18.2 Å². The Morgan fingerprint density at radius 3 is 2.90 bits per heavy atom. The molecule has 0 aliphatic heterocycles. The Hall–Kier alpha value is -0.990. The normalized spacial score (nSPS) is 23.8. The fourth-order valence-corrected chi connectivity index (χ4v) is 3.80. The van der Waals surface area contributed by atoms with Crippen LogP contribution in [0.25, 0.3) is 11.0 Å². The van der Waals surface area contributed by atoms with Crippen LogP contribution < -0.4 is 5.32 Å². The fourth-order valence-electron chi connectivity index (χ4n) is 3.62. The van der Waals surface area contributed by atoms with Crippen LogP contribution in [0.2, 0.25) is 5.02 Å². The number of benzene rings is 1. The third-order valence-corrected chi connectivity index (χ3v) is 5.01. The smallest absolute Gasteiger partial charge is 0.134 e. The first-order valence-corrected chi connectivity index (χ1v) is 8.49. The number of fused-ring (bicyclic) bond motifs is 1. The molecule has 3 rings (SSSR count). The molecule has 1 aliphatic carbocycles. The first-order valence-electron chi connectivity index (χ1n) is 8.11. The molecule has 1 fully saturated rings. The van der Waals surface area contributed by atoms with Gasteiger partial charge in [-0.1, -0.05) is 38.3 Å². The number of rotatable bonds is 5. The van der Waals surface area contributed by atoms with Gasteiger partial charge in [0, 0.05) is 10.4 Å². The van der Waals surface area contributed by atoms with E-state index in [1.54, 1.807) is 0 Å². The first kappa shape index (κ1) is 14.9. The van der Waals surface area contributed by atoms with E-state index in [-0.39, 0.29) is 0 Å². The van der Waals surface area contributed by atoms with E-state index in [9.17, 15) is 0 Å². The number of nitrogens with one attached hydrogen (secondary N) is 1. The fraction of sp³-hybridized carbons (Fsp3) is 0.556. The van der Waals surface area contributed by atoms with Gasteiger partial charge in [-0.25, -0.2) is 0 Å². The summed E-state index contributed by atoms with van der Waals surface area (Å²) in [4.78, 5) is 0. The molecule has 0 spiro atoms. The van der Waals surface area contributed by atoms with Crippen molar-refractivity contribution in [2.24, 2.45) is 11.8 Å². The molecule has 1 saturated carbocycles. The molecule has 21 heavy (non-hydrogen) atoms. The monoisotopic (exact) mass is 305 g/mol. The summed E-state index contributed by atoms with van der Waals surface area (Å²) in [7, 11) is 0. The van der Waals surface area contributed by atoms with Crippen LogP contribution in [0.4, 0.5) is 0 Å². The van der Waals surface area contributed by atoms with Crippen LogP contribution >= 0.6 is 11.6 Å². The zero-order valence-corrected chi connectivity index (χ0v) is 13.6. The predicted octanol–water partition coefficient (Wildman–Crippen LogP) is 5.56. The van der Waals surface area contributed by atoms with Crippen molar-refractivity contribution >= 4 is 22.6 Å². The molecule has 1 N–H and O–H groups in total. The zero-order valence-electron chi connectivity index (χ0n) is 12.9. The first-order chi connectivity index (χ1) is 10.2. The molecule has 1 aromatic carbocycles. The molecule has 3 atom stereocenters. The van der Waals surface area contributed by atoms with Crippen molar-refractivity contribution in [3.05, 3.63) is 35.0 Å². The summed E-state index contributed by atoms with van der Waals surface area (Å²) < 4.78 is 6.12. The standard InChI is InChI=1S/C18H24ClNO/c1-3-9-20-18(15-6-4-5-12(15)2)17-11-13-10-14(19)7-8-16(13)21-17/h7-8,10-12,15,18,20H,3-6,9H2,1-2H3. The molecule has 1 aromatic heterocycles. The second kappa shape index (κ2) is 6.41. The Morgan fingerprint density at radius 1 is 1.33 bits per heavy atom. The Morgan fingerprint density at radius 2 is 2.19 bits per heavy atom. The van der Waals surface area contributed by atoms with E-state index >= 15 is 0 Å². The third kappa shape index (κ3) is 3.12. The number of hydrogen-bond acceptors (Lipinski definition) is 2. The summed E-state index contributed by atoms with van der Waals surface area (Å²) in [6.07, 6.45) is 5.10. The Bertz CT molecular complexity index is 606. The van der Waals surface area contributed by atoms with Gasteiger partial charge < -0.3 is 9.73 Å². The maximum absolute atomic E-state index is 6.12. The second-order valence-electron chi connectivity index (χ2n) is 6.33. The largest absolute Gasteiger partial charge is 0.459 e. The molecule has 0 bridgehead atoms. The Kier molecular flexibility index (Phi) is 4.56. The van der Waals surface area contributed by atoms with Crippen molar-refractivity contribution in [1.29, 1.82) is 0 Å². The molecule has 0 radical (unpaired) electrons. The van der Waals surface area contributed by atoms with Crippen LogP contribution in [-0.4, -0.2) is 6.54 Å². The van der Waals surface area contributed by atoms with Gasteiger partial charge in [-0.15, -0.1) is 0 Å². The SMILES string of the molecule is CCCNC(c1cc2cc(Cl)ccc2o1)C1CCCC1C. The molecular formula is C18H24ClNO. The quantitative estimate of drug-likeness (QED) is 0.782. The molecule has 1 heterocycles. The van der Waals surface area contributed by atoms with E-state index in [4.69, 9.17) is 16.0 Å². The van der Waals surface area contributed by atoms with Crippen LogP contribution in [0.3, 0.4) is 0 Å². The number of hydrogen-bond donors (Lipinski definition) is 1. The maximum atomic E-state index is 6.12. The van der Waals surface area contributed by atoms with Crippen molar-refractivity contribution in [2.75, 3.05) is 6.54 Å². The minimum Gasteiger partial charge on any atom is -0.459 e. The number of halogens is 1. The average molecular weight is 306 g/mol. The van der Waals surface area contributed by atoms with Gasteiger partial charge in [-0.2, -0.15) is 0 Å². The summed E-state index contributed by atoms with van der Waals surface area (Å²) in [5, 5.41) is 5.58. The van der Waals surface area contributed by atoms with E-state index in [1.165, 1.54) is 19.3 Å². The van der Waals surface area contributed by atoms with E-state index in [0.717, 1.165) is 40.6 Å². The molecule has 0 saturated heterocycles. The summed E-state index contributed by atoms with van der Waals surface area (Å²) in [5.74, 6) is 2.50. The van der Waals surface area contributed by atoms with E-state index in [0.29, 0.717) is 12.0 Å². The van der Waals surface area contributed by atoms with E-state index in [2.05, 4.69) is 25.2 Å². The summed E-state index contributed by atoms with van der Waals surface area (Å²) in [6.45, 7) is 5.62. The second-order valence-corrected chi connectivity index (χ2v) is 6.77. The van der Waals surface area contributed by atoms with Gasteiger partial charge in [-0.05, 0) is 55.5 Å². The van der Waals surface area contributed by atoms with Crippen molar-refractivity contribution in [2.45, 2.75) is 45.6 Å². The summed E-state index contributed by atoms with van der Waals surface area (Å²) in [5.41, 5.74) is 0.934. The molecule has 2 aromatic rings. The van der Waals surface area contributed by atoms with Gasteiger partial charge in [-0.3, -0.25) is 0 Å². The highest BCUT2D eigenvalue weighted by molar-refractivity contribution is 6.31. The Balaban J connectivity index is 1.93. The van der Waals surface area contributed by atoms with Gasteiger partial charge in [0.2, 0.25) is 0 Å². The van der Waals surface area contributed by atoms with Crippen LogP contribution in [0.5, 0.6) is 0 Å². The number of furan rings is 1. The van der Waals surface area contributed by atoms with Crippen LogP contribution in [-0.2, 0) is 0 Å². The average Bonchev–Trinajstić information content (AvgIpc) is 3.06. The van der Waals surface area contributed by atoms with Gasteiger partial charge in [0.25, 0.3) is 0 Å². The highest BCUT2D eigenvalue weighted by Crippen LogP contribution is 2.41. The van der Waals surface area contributed by atoms with Crippen molar-refractivity contribution < 1.29 is 4.42 Å². The lowest BCUT2D eigenvalue weighted by atomic mass is 9.88. The van der Waals surface area contributed by atoms with Crippen molar-refractivity contribution in [3.63, 3.8) is 0 Å². The predicted molar refractivity (Wildman–Crippen MR) is 88.8 cm³/mol. The minimum absolute atomic E-state index is 0.327. The van der Waals surface area contributed by atoms with Crippen molar-refractivity contribution in [1.82, 2.24) is 5.32 Å². The summed E-state index contributed by atoms with van der Waals surface area (Å²) in [6, 6.07) is 8.34. The lowest BCUT2D eigenvalue weighted by molar-refractivity contribution is 0.270.